The van der Waals surface area contributed by atoms with Gasteiger partial charge in [-0.2, -0.15) is 4.36 Å². The Labute approximate surface area is 112 Å². The van der Waals surface area contributed by atoms with Crippen molar-refractivity contribution in [1.29, 1.82) is 0 Å². The van der Waals surface area contributed by atoms with Crippen LogP contribution in [-0.4, -0.2) is 40.5 Å². The second-order valence-corrected chi connectivity index (χ2v) is 7.44. The van der Waals surface area contributed by atoms with Crippen molar-refractivity contribution in [3.05, 3.63) is 18.2 Å². The Kier molecular flexibility index (Phi) is 5.61. The fourth-order valence-electron chi connectivity index (χ4n) is 1.10. The molecule has 7 heteroatoms. The largest absolute Gasteiger partial charge is 0.469 e. The molecule has 0 aliphatic rings. The first kappa shape index (κ1) is 15.0. The number of carbonyl (C=O) groups is 1. The maximum atomic E-state index is 11.5. The number of methoxy groups -OCH3 is 1. The van der Waals surface area contributed by atoms with Gasteiger partial charge in [-0.05, 0) is 12.1 Å². The van der Waals surface area contributed by atoms with Crippen molar-refractivity contribution < 1.29 is 13.7 Å². The zero-order valence-corrected chi connectivity index (χ0v) is 12.2. The molecule has 0 fully saturated rings. The number of hydrogen-bond acceptors (Lipinski definition) is 6. The third-order valence-electron chi connectivity index (χ3n) is 1.81. The molecule has 1 aromatic rings. The number of nitrogens with zero attached hydrogens (tertiary/aromatic N) is 2. The third-order valence-corrected chi connectivity index (χ3v) is 3.36. The monoisotopic (exact) mass is 288 g/mol. The van der Waals surface area contributed by atoms with Gasteiger partial charge in [-0.15, -0.1) is 11.8 Å². The summed E-state index contributed by atoms with van der Waals surface area (Å²) in [5, 5.41) is 0.754. The summed E-state index contributed by atoms with van der Waals surface area (Å²) in [5.74, 6) is 0.804. The number of esters is 1. The van der Waals surface area contributed by atoms with Crippen LogP contribution in [0.2, 0.25) is 0 Å². The van der Waals surface area contributed by atoms with Crippen molar-refractivity contribution >= 4 is 33.3 Å². The van der Waals surface area contributed by atoms with Crippen LogP contribution >= 0.6 is 11.8 Å². The second-order valence-electron chi connectivity index (χ2n) is 3.78. The SMILES string of the molecule is COC(=O)CCSc1cccc(N=S(C)(C)=O)n1. The van der Waals surface area contributed by atoms with Crippen LogP contribution in [0.5, 0.6) is 0 Å². The lowest BCUT2D eigenvalue weighted by atomic mass is 10.5. The topological polar surface area (TPSA) is 68.6 Å². The highest BCUT2D eigenvalue weighted by molar-refractivity contribution is 7.99. The maximum Gasteiger partial charge on any atom is 0.306 e. The molecule has 0 amide bonds. The molecule has 0 aromatic carbocycles. The number of carbonyl (C=O) groups excluding carboxylic acids is 1. The van der Waals surface area contributed by atoms with Gasteiger partial charge in [0.15, 0.2) is 5.82 Å². The predicted octanol–water partition coefficient (Wildman–Crippen LogP) is 2.10. The molecule has 0 bridgehead atoms. The van der Waals surface area contributed by atoms with Crippen molar-refractivity contribution in [3.63, 3.8) is 0 Å². The number of thioether (sulfide) groups is 1. The first-order chi connectivity index (χ1) is 8.40. The first-order valence-corrected chi connectivity index (χ1v) is 8.56. The van der Waals surface area contributed by atoms with E-state index in [1.807, 2.05) is 6.07 Å². The minimum atomic E-state index is -2.20. The van der Waals surface area contributed by atoms with E-state index in [2.05, 4.69) is 14.1 Å². The summed E-state index contributed by atoms with van der Waals surface area (Å²) >= 11 is 1.44. The highest BCUT2D eigenvalue weighted by Gasteiger charge is 2.03. The van der Waals surface area contributed by atoms with E-state index < -0.39 is 9.73 Å². The zero-order chi connectivity index (χ0) is 13.6. The summed E-state index contributed by atoms with van der Waals surface area (Å²) in [6.07, 6.45) is 3.46. The molecule has 0 saturated carbocycles. The molecular weight excluding hydrogens is 272 g/mol. The Hall–Kier alpha value is -1.08. The molecule has 0 aliphatic heterocycles. The molecule has 5 nitrogen and oxygen atoms in total. The number of ether oxygens (including phenoxy) is 1. The van der Waals surface area contributed by atoms with Gasteiger partial charge in [0.1, 0.15) is 0 Å². The van der Waals surface area contributed by atoms with Gasteiger partial charge in [-0.3, -0.25) is 4.79 Å². The summed E-state index contributed by atoms with van der Waals surface area (Å²) in [6, 6.07) is 5.34. The summed E-state index contributed by atoms with van der Waals surface area (Å²) < 4.78 is 20.1. The van der Waals surface area contributed by atoms with Gasteiger partial charge < -0.3 is 4.74 Å². The third kappa shape index (κ3) is 6.02. The molecule has 1 heterocycles. The second kappa shape index (κ2) is 6.75. The molecule has 0 radical (unpaired) electrons. The van der Waals surface area contributed by atoms with E-state index in [9.17, 15) is 9.00 Å². The zero-order valence-electron chi connectivity index (χ0n) is 10.6. The van der Waals surface area contributed by atoms with E-state index >= 15 is 0 Å². The van der Waals surface area contributed by atoms with Crippen LogP contribution in [0.1, 0.15) is 6.42 Å². The van der Waals surface area contributed by atoms with Gasteiger partial charge in [-0.1, -0.05) is 6.07 Å². The van der Waals surface area contributed by atoms with Gasteiger partial charge >= 0.3 is 5.97 Å². The average Bonchev–Trinajstić information content (AvgIpc) is 2.27. The Morgan fingerprint density at radius 3 is 2.83 bits per heavy atom. The van der Waals surface area contributed by atoms with Crippen LogP contribution in [0.3, 0.4) is 0 Å². The molecule has 100 valence electrons. The van der Waals surface area contributed by atoms with E-state index in [-0.39, 0.29) is 5.97 Å². The van der Waals surface area contributed by atoms with Crippen LogP contribution in [0.4, 0.5) is 5.82 Å². The molecule has 0 saturated heterocycles. The van der Waals surface area contributed by atoms with Gasteiger partial charge in [0.25, 0.3) is 0 Å². The van der Waals surface area contributed by atoms with Gasteiger partial charge in [-0.25, -0.2) is 9.19 Å². The lowest BCUT2D eigenvalue weighted by Crippen LogP contribution is -2.01. The van der Waals surface area contributed by atoms with Crippen molar-refractivity contribution in [2.45, 2.75) is 11.4 Å². The molecule has 0 spiro atoms. The molecular formula is C11H16N2O3S2. The molecule has 1 rings (SSSR count). The maximum absolute atomic E-state index is 11.5. The number of aromatic nitrogens is 1. The van der Waals surface area contributed by atoms with E-state index in [4.69, 9.17) is 0 Å². The lowest BCUT2D eigenvalue weighted by molar-refractivity contribution is -0.140. The summed E-state index contributed by atoms with van der Waals surface area (Å²) in [6.45, 7) is 0. The van der Waals surface area contributed by atoms with Gasteiger partial charge in [0, 0.05) is 28.0 Å². The quantitative estimate of drug-likeness (QED) is 0.613. The van der Waals surface area contributed by atoms with E-state index in [0.717, 1.165) is 5.03 Å². The standard InChI is InChI=1S/C11H16N2O3S2/c1-16-11(14)7-8-17-10-6-4-5-9(12-10)13-18(2,3)15/h4-6H,7-8H2,1-3H3. The normalized spacial score (nSPS) is 11.1. The van der Waals surface area contributed by atoms with Crippen LogP contribution in [0.25, 0.3) is 0 Å². The van der Waals surface area contributed by atoms with Crippen LogP contribution in [-0.2, 0) is 19.3 Å². The smallest absolute Gasteiger partial charge is 0.306 e. The summed E-state index contributed by atoms with van der Waals surface area (Å²) in [4.78, 5) is 15.2. The highest BCUT2D eigenvalue weighted by Crippen LogP contribution is 2.20. The molecule has 0 atom stereocenters. The predicted molar refractivity (Wildman–Crippen MR) is 73.7 cm³/mol. The van der Waals surface area contributed by atoms with Crippen molar-refractivity contribution in [2.75, 3.05) is 25.4 Å². The molecule has 0 unspecified atom stereocenters. The minimum absolute atomic E-state index is 0.242. The molecule has 18 heavy (non-hydrogen) atoms. The first-order valence-electron chi connectivity index (χ1n) is 5.24. The number of rotatable bonds is 5. The summed E-state index contributed by atoms with van der Waals surface area (Å²) in [7, 11) is -0.838. The highest BCUT2D eigenvalue weighted by atomic mass is 32.2. The Morgan fingerprint density at radius 2 is 2.22 bits per heavy atom. The molecule has 1 aromatic heterocycles. The van der Waals surface area contributed by atoms with Gasteiger partial charge in [0.05, 0.1) is 18.6 Å². The minimum Gasteiger partial charge on any atom is -0.469 e. The van der Waals surface area contributed by atoms with Crippen molar-refractivity contribution in [2.24, 2.45) is 4.36 Å². The Bertz CT molecular complexity index is 529. The van der Waals surface area contributed by atoms with E-state index in [1.165, 1.54) is 18.9 Å². The van der Waals surface area contributed by atoms with Gasteiger partial charge in [0.2, 0.25) is 0 Å². The van der Waals surface area contributed by atoms with Crippen molar-refractivity contribution in [1.82, 2.24) is 4.98 Å². The fraction of sp³-hybridized carbons (Fsp3) is 0.455. The molecule has 0 N–H and O–H groups in total. The number of hydrogen-bond donors (Lipinski definition) is 0. The van der Waals surface area contributed by atoms with Crippen LogP contribution in [0, 0.1) is 0 Å². The van der Waals surface area contributed by atoms with E-state index in [1.54, 1.807) is 24.6 Å². The van der Waals surface area contributed by atoms with Crippen molar-refractivity contribution in [3.8, 4) is 0 Å². The summed E-state index contributed by atoms with van der Waals surface area (Å²) in [5.41, 5.74) is 0. The molecule has 0 aliphatic carbocycles. The lowest BCUT2D eigenvalue weighted by Gasteiger charge is -2.01. The average molecular weight is 288 g/mol. The Morgan fingerprint density at radius 1 is 1.50 bits per heavy atom. The number of pyridine rings is 1. The Balaban J connectivity index is 2.66. The van der Waals surface area contributed by atoms with E-state index in [0.29, 0.717) is 18.0 Å². The van der Waals surface area contributed by atoms with Crippen LogP contribution < -0.4 is 0 Å². The fourth-order valence-corrected chi connectivity index (χ4v) is 2.46. The van der Waals surface area contributed by atoms with Crippen LogP contribution in [0.15, 0.2) is 27.6 Å².